The Morgan fingerprint density at radius 2 is 2.00 bits per heavy atom. The molecule has 1 aromatic heterocycles. The highest BCUT2D eigenvalue weighted by atomic mass is 32.1. The summed E-state index contributed by atoms with van der Waals surface area (Å²) in [4.78, 5) is 25.0. The number of carbonyl (C=O) groups excluding carboxylic acids is 2. The molecule has 0 bridgehead atoms. The highest BCUT2D eigenvalue weighted by Gasteiger charge is 2.39. The van der Waals surface area contributed by atoms with E-state index in [1.165, 1.54) is 4.88 Å². The van der Waals surface area contributed by atoms with Crippen LogP contribution in [0.15, 0.2) is 41.8 Å². The van der Waals surface area contributed by atoms with Crippen molar-refractivity contribution >= 4 is 28.9 Å². The number of thiophene rings is 1. The molecule has 2 aromatic rings. The number of hydrogen-bond acceptors (Lipinski definition) is 4. The summed E-state index contributed by atoms with van der Waals surface area (Å²) in [5.74, 6) is 0.337. The van der Waals surface area contributed by atoms with Crippen molar-refractivity contribution in [2.24, 2.45) is 11.8 Å². The second-order valence-electron chi connectivity index (χ2n) is 5.85. The van der Waals surface area contributed by atoms with E-state index >= 15 is 0 Å². The molecule has 1 aromatic carbocycles. The molecule has 1 heterocycles. The predicted octanol–water partition coefficient (Wildman–Crippen LogP) is 3.74. The minimum atomic E-state index is -0.338. The lowest BCUT2D eigenvalue weighted by Gasteiger charge is -2.07. The third-order valence-electron chi connectivity index (χ3n) is 4.00. The molecule has 1 aliphatic carbocycles. The number of amides is 1. The van der Waals surface area contributed by atoms with Gasteiger partial charge < -0.3 is 10.1 Å². The zero-order chi connectivity index (χ0) is 16.2. The SMILES string of the molecule is CC1CC1C(=O)Nc1ccc(C(=O)OCCc2cccs2)cc1. The second-order valence-corrected chi connectivity index (χ2v) is 6.88. The normalized spacial score (nSPS) is 19.2. The number of nitrogens with one attached hydrogen (secondary N) is 1. The van der Waals surface area contributed by atoms with Crippen LogP contribution in [0, 0.1) is 11.8 Å². The van der Waals surface area contributed by atoms with Crippen LogP contribution < -0.4 is 5.32 Å². The molecule has 1 amide bonds. The third-order valence-corrected chi connectivity index (χ3v) is 4.93. The number of carbonyl (C=O) groups is 2. The lowest BCUT2D eigenvalue weighted by Crippen LogP contribution is -2.14. The minimum Gasteiger partial charge on any atom is -0.462 e. The average molecular weight is 329 g/mol. The molecule has 1 aliphatic rings. The van der Waals surface area contributed by atoms with E-state index in [0.717, 1.165) is 12.8 Å². The fourth-order valence-corrected chi connectivity index (χ4v) is 3.08. The zero-order valence-electron chi connectivity index (χ0n) is 13.0. The van der Waals surface area contributed by atoms with Gasteiger partial charge >= 0.3 is 5.97 Å². The van der Waals surface area contributed by atoms with Gasteiger partial charge in [-0.3, -0.25) is 4.79 Å². The zero-order valence-corrected chi connectivity index (χ0v) is 13.8. The molecule has 23 heavy (non-hydrogen) atoms. The standard InChI is InChI=1S/C18H19NO3S/c1-12-11-16(12)17(20)19-14-6-4-13(5-7-14)18(21)22-9-8-15-3-2-10-23-15/h2-7,10,12,16H,8-9,11H2,1H3,(H,19,20). The van der Waals surface area contributed by atoms with Gasteiger partial charge in [0.05, 0.1) is 12.2 Å². The van der Waals surface area contributed by atoms with Crippen molar-refractivity contribution in [1.29, 1.82) is 0 Å². The first-order valence-electron chi connectivity index (χ1n) is 7.74. The number of esters is 1. The van der Waals surface area contributed by atoms with E-state index in [2.05, 4.69) is 12.2 Å². The topological polar surface area (TPSA) is 55.4 Å². The summed E-state index contributed by atoms with van der Waals surface area (Å²) in [5, 5.41) is 4.88. The molecule has 0 aliphatic heterocycles. The first-order valence-corrected chi connectivity index (χ1v) is 8.62. The summed E-state index contributed by atoms with van der Waals surface area (Å²) in [6, 6.07) is 10.8. The van der Waals surface area contributed by atoms with E-state index in [4.69, 9.17) is 4.74 Å². The van der Waals surface area contributed by atoms with E-state index in [9.17, 15) is 9.59 Å². The molecule has 1 N–H and O–H groups in total. The Morgan fingerprint density at radius 3 is 2.61 bits per heavy atom. The summed E-state index contributed by atoms with van der Waals surface area (Å²) in [5.41, 5.74) is 1.21. The molecule has 0 radical (unpaired) electrons. The van der Waals surface area contributed by atoms with E-state index in [1.807, 2.05) is 17.5 Å². The Balaban J connectivity index is 1.48. The monoisotopic (exact) mass is 329 g/mol. The van der Waals surface area contributed by atoms with E-state index in [1.54, 1.807) is 35.6 Å². The van der Waals surface area contributed by atoms with Crippen molar-refractivity contribution < 1.29 is 14.3 Å². The van der Waals surface area contributed by atoms with Gasteiger partial charge in [-0.05, 0) is 48.1 Å². The number of anilines is 1. The summed E-state index contributed by atoms with van der Waals surface area (Å²) in [7, 11) is 0. The van der Waals surface area contributed by atoms with Crippen molar-refractivity contribution in [2.45, 2.75) is 19.8 Å². The summed E-state index contributed by atoms with van der Waals surface area (Å²) < 4.78 is 5.27. The number of rotatable bonds is 6. The first kappa shape index (κ1) is 15.7. The Morgan fingerprint density at radius 1 is 1.26 bits per heavy atom. The average Bonchev–Trinajstić information content (AvgIpc) is 3.06. The smallest absolute Gasteiger partial charge is 0.338 e. The van der Waals surface area contributed by atoms with E-state index in [0.29, 0.717) is 23.8 Å². The molecule has 1 saturated carbocycles. The van der Waals surface area contributed by atoms with Crippen LogP contribution in [0.1, 0.15) is 28.6 Å². The lowest BCUT2D eigenvalue weighted by molar-refractivity contribution is -0.117. The number of hydrogen-bond donors (Lipinski definition) is 1. The van der Waals surface area contributed by atoms with Gasteiger partial charge in [-0.15, -0.1) is 11.3 Å². The van der Waals surface area contributed by atoms with Crippen LogP contribution in [0.5, 0.6) is 0 Å². The van der Waals surface area contributed by atoms with Gasteiger partial charge in [0.1, 0.15) is 0 Å². The Kier molecular flexibility index (Phi) is 4.76. The molecule has 0 saturated heterocycles. The summed E-state index contributed by atoms with van der Waals surface area (Å²) >= 11 is 1.65. The van der Waals surface area contributed by atoms with Gasteiger partial charge in [0, 0.05) is 22.9 Å². The Bertz CT molecular complexity index is 679. The van der Waals surface area contributed by atoms with Gasteiger partial charge in [-0.2, -0.15) is 0 Å². The van der Waals surface area contributed by atoms with Crippen molar-refractivity contribution in [3.05, 3.63) is 52.2 Å². The minimum absolute atomic E-state index is 0.0591. The van der Waals surface area contributed by atoms with Gasteiger partial charge in [0.25, 0.3) is 0 Å². The van der Waals surface area contributed by atoms with Crippen LogP contribution in [0.2, 0.25) is 0 Å². The maximum Gasteiger partial charge on any atom is 0.338 e. The van der Waals surface area contributed by atoms with Crippen LogP contribution in [0.25, 0.3) is 0 Å². The van der Waals surface area contributed by atoms with Crippen molar-refractivity contribution in [2.75, 3.05) is 11.9 Å². The molecule has 1 fully saturated rings. The molecule has 120 valence electrons. The summed E-state index contributed by atoms with van der Waals surface area (Å²) in [6.45, 7) is 2.44. The molecule has 5 heteroatoms. The van der Waals surface area contributed by atoms with Crippen molar-refractivity contribution in [3.8, 4) is 0 Å². The largest absolute Gasteiger partial charge is 0.462 e. The highest BCUT2D eigenvalue weighted by Crippen LogP contribution is 2.38. The first-order chi connectivity index (χ1) is 11.1. The lowest BCUT2D eigenvalue weighted by atomic mass is 10.2. The van der Waals surface area contributed by atoms with Crippen LogP contribution in [0.4, 0.5) is 5.69 Å². The number of benzene rings is 1. The fourth-order valence-electron chi connectivity index (χ4n) is 2.39. The maximum atomic E-state index is 12.0. The Hall–Kier alpha value is -2.14. The Labute approximate surface area is 139 Å². The molecular formula is C18H19NO3S. The molecule has 2 unspecified atom stereocenters. The molecular weight excluding hydrogens is 310 g/mol. The van der Waals surface area contributed by atoms with Crippen molar-refractivity contribution in [3.63, 3.8) is 0 Å². The maximum absolute atomic E-state index is 12.0. The highest BCUT2D eigenvalue weighted by molar-refractivity contribution is 7.09. The summed E-state index contributed by atoms with van der Waals surface area (Å²) in [6.07, 6.45) is 1.69. The van der Waals surface area contributed by atoms with Gasteiger partial charge in [-0.25, -0.2) is 4.79 Å². The van der Waals surface area contributed by atoms with Crippen LogP contribution in [-0.4, -0.2) is 18.5 Å². The fraction of sp³-hybridized carbons (Fsp3) is 0.333. The number of ether oxygens (including phenoxy) is 1. The van der Waals surface area contributed by atoms with Crippen LogP contribution in [0.3, 0.4) is 0 Å². The van der Waals surface area contributed by atoms with Gasteiger partial charge in [0.2, 0.25) is 5.91 Å². The van der Waals surface area contributed by atoms with E-state index < -0.39 is 0 Å². The molecule has 2 atom stereocenters. The van der Waals surface area contributed by atoms with Gasteiger partial charge in [0.15, 0.2) is 0 Å². The molecule has 3 rings (SSSR count). The molecule has 4 nitrogen and oxygen atoms in total. The van der Waals surface area contributed by atoms with Crippen molar-refractivity contribution in [1.82, 2.24) is 0 Å². The predicted molar refractivity (Wildman–Crippen MR) is 90.6 cm³/mol. The third kappa shape index (κ3) is 4.20. The van der Waals surface area contributed by atoms with Crippen LogP contribution >= 0.6 is 11.3 Å². The second kappa shape index (κ2) is 6.96. The van der Waals surface area contributed by atoms with E-state index in [-0.39, 0.29) is 17.8 Å². The van der Waals surface area contributed by atoms with Gasteiger partial charge in [-0.1, -0.05) is 13.0 Å². The quantitative estimate of drug-likeness (QED) is 0.821. The van der Waals surface area contributed by atoms with Crippen LogP contribution in [-0.2, 0) is 16.0 Å². The molecule has 0 spiro atoms.